The first-order valence-corrected chi connectivity index (χ1v) is 9.17. The van der Waals surface area contributed by atoms with E-state index in [2.05, 4.69) is 20.7 Å². The minimum Gasteiger partial charge on any atom is -0.495 e. The Labute approximate surface area is 168 Å². The van der Waals surface area contributed by atoms with E-state index < -0.39 is 0 Å². The zero-order chi connectivity index (χ0) is 21.0. The molecule has 0 aliphatic heterocycles. The summed E-state index contributed by atoms with van der Waals surface area (Å²) < 4.78 is 7.01. The van der Waals surface area contributed by atoms with Crippen LogP contribution in [0.3, 0.4) is 0 Å². The molecule has 0 saturated heterocycles. The van der Waals surface area contributed by atoms with Gasteiger partial charge in [0, 0.05) is 18.8 Å². The van der Waals surface area contributed by atoms with Crippen molar-refractivity contribution in [1.29, 1.82) is 0 Å². The predicted molar refractivity (Wildman–Crippen MR) is 111 cm³/mol. The van der Waals surface area contributed by atoms with Gasteiger partial charge in [-0.25, -0.2) is 9.67 Å². The highest BCUT2D eigenvalue weighted by Gasteiger charge is 2.22. The number of pyridine rings is 1. The first-order chi connectivity index (χ1) is 13.9. The van der Waals surface area contributed by atoms with Crippen LogP contribution in [-0.2, 0) is 4.79 Å². The fraction of sp³-hybridized carbons (Fsp3) is 0.238. The van der Waals surface area contributed by atoms with Crippen molar-refractivity contribution in [3.05, 3.63) is 60.0 Å². The van der Waals surface area contributed by atoms with E-state index in [0.717, 1.165) is 5.69 Å². The second-order valence-electron chi connectivity index (χ2n) is 6.75. The SMILES string of the molecule is COc1ccc(NC(C)=O)cc1NC(=O)c1cnn(-c2ccccn2)c1C(C)C. The third-order valence-electron chi connectivity index (χ3n) is 4.23. The van der Waals surface area contributed by atoms with Crippen LogP contribution in [0.5, 0.6) is 5.75 Å². The zero-order valence-corrected chi connectivity index (χ0v) is 16.8. The van der Waals surface area contributed by atoms with Crippen LogP contribution in [0.2, 0.25) is 0 Å². The first kappa shape index (κ1) is 20.1. The van der Waals surface area contributed by atoms with E-state index in [9.17, 15) is 9.59 Å². The molecule has 0 aliphatic carbocycles. The molecule has 3 aromatic rings. The Morgan fingerprint density at radius 1 is 1.14 bits per heavy atom. The topological polar surface area (TPSA) is 98.1 Å². The smallest absolute Gasteiger partial charge is 0.259 e. The molecule has 0 fully saturated rings. The average molecular weight is 393 g/mol. The highest BCUT2D eigenvalue weighted by molar-refractivity contribution is 6.06. The second kappa shape index (κ2) is 8.55. The molecular weight excluding hydrogens is 370 g/mol. The fourth-order valence-electron chi connectivity index (χ4n) is 3.03. The number of benzene rings is 1. The summed E-state index contributed by atoms with van der Waals surface area (Å²) >= 11 is 0. The molecule has 2 aromatic heterocycles. The van der Waals surface area contributed by atoms with Gasteiger partial charge < -0.3 is 15.4 Å². The molecule has 3 rings (SSSR count). The summed E-state index contributed by atoms with van der Waals surface area (Å²) in [7, 11) is 1.52. The van der Waals surface area contributed by atoms with Crippen molar-refractivity contribution in [2.45, 2.75) is 26.7 Å². The van der Waals surface area contributed by atoms with Crippen molar-refractivity contribution in [3.8, 4) is 11.6 Å². The Bertz CT molecular complexity index is 1030. The lowest BCUT2D eigenvalue weighted by Gasteiger charge is -2.14. The van der Waals surface area contributed by atoms with Crippen LogP contribution in [0.15, 0.2) is 48.8 Å². The number of carbonyl (C=O) groups excluding carboxylic acids is 2. The lowest BCUT2D eigenvalue weighted by molar-refractivity contribution is -0.114. The highest BCUT2D eigenvalue weighted by Crippen LogP contribution is 2.29. The van der Waals surface area contributed by atoms with Crippen molar-refractivity contribution in [2.75, 3.05) is 17.7 Å². The van der Waals surface area contributed by atoms with Crippen molar-refractivity contribution in [3.63, 3.8) is 0 Å². The van der Waals surface area contributed by atoms with Crippen LogP contribution in [0.4, 0.5) is 11.4 Å². The summed E-state index contributed by atoms with van der Waals surface area (Å²) in [5.41, 5.74) is 2.20. The molecule has 8 heteroatoms. The van der Waals surface area contributed by atoms with E-state index in [-0.39, 0.29) is 17.7 Å². The van der Waals surface area contributed by atoms with E-state index in [1.54, 1.807) is 29.1 Å². The number of amides is 2. The Morgan fingerprint density at radius 2 is 1.93 bits per heavy atom. The summed E-state index contributed by atoms with van der Waals surface area (Å²) in [5.74, 6) is 0.629. The van der Waals surface area contributed by atoms with E-state index in [1.807, 2.05) is 32.0 Å². The number of nitrogens with zero attached hydrogens (tertiary/aromatic N) is 3. The van der Waals surface area contributed by atoms with Gasteiger partial charge in [-0.1, -0.05) is 19.9 Å². The van der Waals surface area contributed by atoms with Crippen molar-refractivity contribution in [2.24, 2.45) is 0 Å². The van der Waals surface area contributed by atoms with Crippen LogP contribution in [0.25, 0.3) is 5.82 Å². The van der Waals surface area contributed by atoms with Gasteiger partial charge in [-0.2, -0.15) is 5.10 Å². The number of ether oxygens (including phenoxy) is 1. The van der Waals surface area contributed by atoms with Crippen LogP contribution >= 0.6 is 0 Å². The van der Waals surface area contributed by atoms with Crippen LogP contribution in [0.1, 0.15) is 42.7 Å². The number of anilines is 2. The van der Waals surface area contributed by atoms with Gasteiger partial charge in [0.25, 0.3) is 5.91 Å². The molecule has 0 aliphatic rings. The normalized spacial score (nSPS) is 10.7. The number of hydrogen-bond donors (Lipinski definition) is 2. The summed E-state index contributed by atoms with van der Waals surface area (Å²) in [6.45, 7) is 5.40. The maximum absolute atomic E-state index is 13.1. The number of carbonyl (C=O) groups is 2. The maximum atomic E-state index is 13.1. The van der Waals surface area contributed by atoms with E-state index in [1.165, 1.54) is 20.2 Å². The molecular formula is C21H23N5O3. The van der Waals surface area contributed by atoms with Crippen molar-refractivity contribution < 1.29 is 14.3 Å². The highest BCUT2D eigenvalue weighted by atomic mass is 16.5. The molecule has 0 radical (unpaired) electrons. The Kier molecular flexibility index (Phi) is 5.92. The lowest BCUT2D eigenvalue weighted by Crippen LogP contribution is -2.16. The maximum Gasteiger partial charge on any atom is 0.259 e. The molecule has 2 amide bonds. The zero-order valence-electron chi connectivity index (χ0n) is 16.8. The van der Waals surface area contributed by atoms with Gasteiger partial charge in [0.05, 0.1) is 30.3 Å². The largest absolute Gasteiger partial charge is 0.495 e. The molecule has 0 atom stereocenters. The second-order valence-corrected chi connectivity index (χ2v) is 6.75. The van der Waals surface area contributed by atoms with Crippen LogP contribution in [0, 0.1) is 0 Å². The molecule has 1 aromatic carbocycles. The third kappa shape index (κ3) is 4.43. The average Bonchev–Trinajstić information content (AvgIpc) is 3.14. The summed E-state index contributed by atoms with van der Waals surface area (Å²) in [6, 6.07) is 10.6. The monoisotopic (exact) mass is 393 g/mol. The molecule has 0 spiro atoms. The molecule has 150 valence electrons. The molecule has 2 N–H and O–H groups in total. The van der Waals surface area contributed by atoms with Gasteiger partial charge >= 0.3 is 0 Å². The summed E-state index contributed by atoms with van der Waals surface area (Å²) in [6.07, 6.45) is 3.21. The summed E-state index contributed by atoms with van der Waals surface area (Å²) in [5, 5.41) is 9.93. The molecule has 29 heavy (non-hydrogen) atoms. The summed E-state index contributed by atoms with van der Waals surface area (Å²) in [4.78, 5) is 28.7. The molecule has 2 heterocycles. The lowest BCUT2D eigenvalue weighted by atomic mass is 10.1. The number of hydrogen-bond acceptors (Lipinski definition) is 5. The Hall–Kier alpha value is -3.68. The standard InChI is InChI=1S/C21H23N5O3/c1-13(2)20-16(12-23-26(20)19-7-5-6-10-22-19)21(28)25-17-11-15(24-14(3)27)8-9-18(17)29-4/h5-13H,1-4H3,(H,24,27)(H,25,28). The van der Waals surface area contributed by atoms with Crippen LogP contribution < -0.4 is 15.4 Å². The van der Waals surface area contributed by atoms with Gasteiger partial charge in [0.2, 0.25) is 5.91 Å². The number of rotatable bonds is 6. The number of nitrogens with one attached hydrogen (secondary N) is 2. The van der Waals surface area contributed by atoms with Gasteiger partial charge in [0.1, 0.15) is 5.75 Å². The quantitative estimate of drug-likeness (QED) is 0.667. The van der Waals surface area contributed by atoms with E-state index in [4.69, 9.17) is 4.74 Å². The predicted octanol–water partition coefficient (Wildman–Crippen LogP) is 3.61. The molecule has 0 unspecified atom stereocenters. The number of aromatic nitrogens is 3. The van der Waals surface area contributed by atoms with Gasteiger partial charge in [-0.05, 0) is 36.2 Å². The molecule has 0 saturated carbocycles. The fourth-order valence-corrected chi connectivity index (χ4v) is 3.03. The van der Waals surface area contributed by atoms with E-state index >= 15 is 0 Å². The molecule has 8 nitrogen and oxygen atoms in total. The Balaban J connectivity index is 1.96. The van der Waals surface area contributed by atoms with Gasteiger partial charge in [-0.3, -0.25) is 9.59 Å². The minimum absolute atomic E-state index is 0.0351. The number of methoxy groups -OCH3 is 1. The van der Waals surface area contributed by atoms with Crippen LogP contribution in [-0.4, -0.2) is 33.7 Å². The van der Waals surface area contributed by atoms with Gasteiger partial charge in [0.15, 0.2) is 5.82 Å². The third-order valence-corrected chi connectivity index (χ3v) is 4.23. The Morgan fingerprint density at radius 3 is 2.55 bits per heavy atom. The van der Waals surface area contributed by atoms with Gasteiger partial charge in [-0.15, -0.1) is 0 Å². The van der Waals surface area contributed by atoms with Crippen molar-refractivity contribution in [1.82, 2.24) is 14.8 Å². The first-order valence-electron chi connectivity index (χ1n) is 9.17. The van der Waals surface area contributed by atoms with Crippen molar-refractivity contribution >= 4 is 23.2 Å². The molecule has 0 bridgehead atoms. The van der Waals surface area contributed by atoms with E-state index in [0.29, 0.717) is 28.5 Å². The minimum atomic E-state index is -0.325.